The van der Waals surface area contributed by atoms with Gasteiger partial charge in [0.25, 0.3) is 0 Å². The third-order valence-electron chi connectivity index (χ3n) is 4.61. The number of carbonyl (C=O) groups is 1. The van der Waals surface area contributed by atoms with Crippen molar-refractivity contribution < 1.29 is 13.2 Å². The molecule has 23 heavy (non-hydrogen) atoms. The highest BCUT2D eigenvalue weighted by atomic mass is 32.2. The van der Waals surface area contributed by atoms with Crippen molar-refractivity contribution in [2.45, 2.75) is 30.6 Å². The highest BCUT2D eigenvalue weighted by Crippen LogP contribution is 2.33. The third kappa shape index (κ3) is 2.93. The van der Waals surface area contributed by atoms with Gasteiger partial charge >= 0.3 is 0 Å². The Labute approximate surface area is 137 Å². The molecule has 1 heterocycles. The summed E-state index contributed by atoms with van der Waals surface area (Å²) in [5, 5.41) is 0. The molecule has 0 fully saturated rings. The van der Waals surface area contributed by atoms with Crippen molar-refractivity contribution in [3.05, 3.63) is 35.9 Å². The summed E-state index contributed by atoms with van der Waals surface area (Å²) in [5.41, 5.74) is 1.80. The molecule has 0 saturated heterocycles. The first kappa shape index (κ1) is 16.2. The highest BCUT2D eigenvalue weighted by Gasteiger charge is 2.31. The van der Waals surface area contributed by atoms with Crippen LogP contribution >= 0.6 is 0 Å². The number of hydrogen-bond acceptors (Lipinski definition) is 3. The van der Waals surface area contributed by atoms with Crippen LogP contribution in [0, 0.1) is 5.92 Å². The molecule has 6 heteroatoms. The molecule has 0 aromatic heterocycles. The Balaban J connectivity index is 1.87. The molecule has 1 unspecified atom stereocenters. The maximum Gasteiger partial charge on any atom is 0.242 e. The zero-order valence-corrected chi connectivity index (χ0v) is 14.3. The number of amides is 1. The number of hydrogen-bond donors (Lipinski definition) is 0. The highest BCUT2D eigenvalue weighted by molar-refractivity contribution is 7.89. The quantitative estimate of drug-likeness (QED) is 0.796. The van der Waals surface area contributed by atoms with Crippen LogP contribution in [0.4, 0.5) is 5.69 Å². The number of carbonyl (C=O) groups excluding carboxylic acids is 1. The van der Waals surface area contributed by atoms with Gasteiger partial charge in [0.15, 0.2) is 0 Å². The average molecular weight is 334 g/mol. The number of rotatable bonds is 3. The van der Waals surface area contributed by atoms with Crippen molar-refractivity contribution in [2.75, 3.05) is 25.5 Å². The lowest BCUT2D eigenvalue weighted by atomic mass is 9.93. The number of sulfonamides is 1. The normalized spacial score (nSPS) is 20.8. The average Bonchev–Trinajstić information content (AvgIpc) is 2.98. The SMILES string of the molecule is CN(C)S(=O)(=O)c1ccc2c(c1)CCN2C(=O)C1CC=CCC1. The molecule has 2 aliphatic rings. The molecular weight excluding hydrogens is 312 g/mol. The third-order valence-corrected chi connectivity index (χ3v) is 6.42. The minimum Gasteiger partial charge on any atom is -0.312 e. The lowest BCUT2D eigenvalue weighted by Gasteiger charge is -2.24. The van der Waals surface area contributed by atoms with E-state index in [1.54, 1.807) is 18.2 Å². The molecule has 0 radical (unpaired) electrons. The predicted molar refractivity (Wildman–Crippen MR) is 89.9 cm³/mol. The number of fused-ring (bicyclic) bond motifs is 1. The summed E-state index contributed by atoms with van der Waals surface area (Å²) < 4.78 is 25.7. The minimum absolute atomic E-state index is 0.0520. The van der Waals surface area contributed by atoms with Crippen LogP contribution in [-0.2, 0) is 21.2 Å². The minimum atomic E-state index is -3.44. The molecule has 0 saturated carbocycles. The van der Waals surface area contributed by atoms with Crippen LogP contribution < -0.4 is 4.90 Å². The maximum atomic E-state index is 12.7. The van der Waals surface area contributed by atoms with E-state index in [2.05, 4.69) is 12.2 Å². The van der Waals surface area contributed by atoms with E-state index in [-0.39, 0.29) is 16.7 Å². The molecule has 124 valence electrons. The Morgan fingerprint density at radius 3 is 2.70 bits per heavy atom. The second kappa shape index (κ2) is 6.09. The monoisotopic (exact) mass is 334 g/mol. The molecular formula is C17H22N2O3S. The van der Waals surface area contributed by atoms with Crippen LogP contribution in [0.5, 0.6) is 0 Å². The Hall–Kier alpha value is -1.66. The van der Waals surface area contributed by atoms with Crippen molar-refractivity contribution in [1.29, 1.82) is 0 Å². The van der Waals surface area contributed by atoms with Crippen LogP contribution in [0.2, 0.25) is 0 Å². The molecule has 1 amide bonds. The van der Waals surface area contributed by atoms with Crippen LogP contribution in [0.1, 0.15) is 24.8 Å². The number of nitrogens with zero attached hydrogens (tertiary/aromatic N) is 2. The van der Waals surface area contributed by atoms with Gasteiger partial charge in [-0.05, 0) is 49.4 Å². The van der Waals surface area contributed by atoms with E-state index >= 15 is 0 Å². The first-order valence-electron chi connectivity index (χ1n) is 7.93. The van der Waals surface area contributed by atoms with E-state index in [0.717, 1.165) is 30.5 Å². The smallest absolute Gasteiger partial charge is 0.242 e. The van der Waals surface area contributed by atoms with E-state index in [4.69, 9.17) is 0 Å². The molecule has 1 aliphatic heterocycles. The summed E-state index contributed by atoms with van der Waals surface area (Å²) >= 11 is 0. The first-order chi connectivity index (χ1) is 10.9. The van der Waals surface area contributed by atoms with Gasteiger partial charge in [0, 0.05) is 32.2 Å². The van der Waals surface area contributed by atoms with Gasteiger partial charge < -0.3 is 4.90 Å². The molecule has 1 aliphatic carbocycles. The molecule has 1 aromatic carbocycles. The molecule has 0 N–H and O–H groups in total. The van der Waals surface area contributed by atoms with Crippen molar-refractivity contribution >= 4 is 21.6 Å². The number of allylic oxidation sites excluding steroid dienone is 2. The van der Waals surface area contributed by atoms with E-state index < -0.39 is 10.0 Å². The van der Waals surface area contributed by atoms with E-state index in [0.29, 0.717) is 13.0 Å². The fourth-order valence-electron chi connectivity index (χ4n) is 3.22. The second-order valence-electron chi connectivity index (χ2n) is 6.30. The van der Waals surface area contributed by atoms with Gasteiger partial charge in [-0.25, -0.2) is 12.7 Å². The Morgan fingerprint density at radius 2 is 2.04 bits per heavy atom. The summed E-state index contributed by atoms with van der Waals surface area (Å²) in [6.07, 6.45) is 7.57. The summed E-state index contributed by atoms with van der Waals surface area (Å²) in [6.45, 7) is 0.639. The van der Waals surface area contributed by atoms with Crippen LogP contribution in [-0.4, -0.2) is 39.3 Å². The Kier molecular flexibility index (Phi) is 4.29. The molecule has 0 bridgehead atoms. The molecule has 5 nitrogen and oxygen atoms in total. The first-order valence-corrected chi connectivity index (χ1v) is 9.37. The van der Waals surface area contributed by atoms with Crippen molar-refractivity contribution in [3.8, 4) is 0 Å². The van der Waals surface area contributed by atoms with Crippen molar-refractivity contribution in [3.63, 3.8) is 0 Å². The number of anilines is 1. The van der Waals surface area contributed by atoms with Crippen LogP contribution in [0.3, 0.4) is 0 Å². The molecule has 1 atom stereocenters. The fourth-order valence-corrected chi connectivity index (χ4v) is 4.17. The fraction of sp³-hybridized carbons (Fsp3) is 0.471. The van der Waals surface area contributed by atoms with Gasteiger partial charge in [0.1, 0.15) is 0 Å². The van der Waals surface area contributed by atoms with Gasteiger partial charge in [-0.3, -0.25) is 4.79 Å². The molecule has 1 aromatic rings. The maximum absolute atomic E-state index is 12.7. The topological polar surface area (TPSA) is 57.7 Å². The Bertz CT molecular complexity index is 753. The van der Waals surface area contributed by atoms with E-state index in [1.165, 1.54) is 18.4 Å². The molecule has 0 spiro atoms. The van der Waals surface area contributed by atoms with Gasteiger partial charge in [0.05, 0.1) is 4.90 Å². The Morgan fingerprint density at radius 1 is 1.26 bits per heavy atom. The van der Waals surface area contributed by atoms with Crippen molar-refractivity contribution in [1.82, 2.24) is 4.31 Å². The predicted octanol–water partition coefficient (Wildman–Crippen LogP) is 2.18. The van der Waals surface area contributed by atoms with Gasteiger partial charge in [-0.15, -0.1) is 0 Å². The largest absolute Gasteiger partial charge is 0.312 e. The van der Waals surface area contributed by atoms with Crippen LogP contribution in [0.15, 0.2) is 35.2 Å². The zero-order chi connectivity index (χ0) is 16.6. The van der Waals surface area contributed by atoms with Gasteiger partial charge in [0.2, 0.25) is 15.9 Å². The summed E-state index contributed by atoms with van der Waals surface area (Å²) in [6, 6.07) is 5.08. The van der Waals surface area contributed by atoms with Crippen LogP contribution in [0.25, 0.3) is 0 Å². The lowest BCUT2D eigenvalue weighted by Crippen LogP contribution is -2.35. The van der Waals surface area contributed by atoms with Gasteiger partial charge in [-0.2, -0.15) is 0 Å². The lowest BCUT2D eigenvalue weighted by molar-refractivity contribution is -0.122. The van der Waals surface area contributed by atoms with E-state index in [9.17, 15) is 13.2 Å². The standard InChI is InChI=1S/C17H22N2O3S/c1-18(2)23(21,22)15-8-9-16-14(12-15)10-11-19(16)17(20)13-6-4-3-5-7-13/h3-4,8-9,12-13H,5-7,10-11H2,1-2H3. The summed E-state index contributed by atoms with van der Waals surface area (Å²) in [5.74, 6) is 0.215. The van der Waals surface area contributed by atoms with Crippen molar-refractivity contribution in [2.24, 2.45) is 5.92 Å². The number of benzene rings is 1. The molecule has 3 rings (SSSR count). The summed E-state index contributed by atoms with van der Waals surface area (Å²) in [4.78, 5) is 14.8. The van der Waals surface area contributed by atoms with Gasteiger partial charge in [-0.1, -0.05) is 12.2 Å². The van der Waals surface area contributed by atoms with E-state index in [1.807, 2.05) is 4.90 Å². The summed E-state index contributed by atoms with van der Waals surface area (Å²) in [7, 11) is -0.390. The zero-order valence-electron chi connectivity index (χ0n) is 13.5. The second-order valence-corrected chi connectivity index (χ2v) is 8.45.